The van der Waals surface area contributed by atoms with Crippen LogP contribution >= 0.6 is 0 Å². The van der Waals surface area contributed by atoms with Crippen LogP contribution in [0.25, 0.3) is 11.1 Å². The van der Waals surface area contributed by atoms with Crippen LogP contribution in [0.2, 0.25) is 0 Å². The largest absolute Gasteiger partial charge is 0.462 e. The van der Waals surface area contributed by atoms with Gasteiger partial charge in [-0.1, -0.05) is 54.6 Å². The Kier molecular flexibility index (Phi) is 6.23. The van der Waals surface area contributed by atoms with Crippen LogP contribution in [0.4, 0.5) is 0 Å². The zero-order chi connectivity index (χ0) is 20.0. The van der Waals surface area contributed by atoms with Gasteiger partial charge in [0, 0.05) is 0 Å². The van der Waals surface area contributed by atoms with Gasteiger partial charge in [-0.15, -0.1) is 0 Å². The van der Waals surface area contributed by atoms with Crippen LogP contribution in [0.1, 0.15) is 22.8 Å². The first kappa shape index (κ1) is 19.8. The first-order chi connectivity index (χ1) is 13.5. The van der Waals surface area contributed by atoms with E-state index in [-0.39, 0.29) is 17.5 Å². The fraction of sp³-hybridized carbons (Fsp3) is 0.136. The summed E-state index contributed by atoms with van der Waals surface area (Å²) in [5, 5.41) is 0. The number of benzene rings is 3. The quantitative estimate of drug-likeness (QED) is 0.436. The minimum Gasteiger partial charge on any atom is -0.462 e. The summed E-state index contributed by atoms with van der Waals surface area (Å²) in [6.45, 7) is 2.06. The van der Waals surface area contributed by atoms with Gasteiger partial charge in [0.05, 0.1) is 23.7 Å². The summed E-state index contributed by atoms with van der Waals surface area (Å²) in [6, 6.07) is 22.6. The average Bonchev–Trinajstić information content (AvgIpc) is 2.74. The van der Waals surface area contributed by atoms with Gasteiger partial charge in [0.25, 0.3) is 10.1 Å². The highest BCUT2D eigenvalue weighted by atomic mass is 32.2. The monoisotopic (exact) mass is 396 g/mol. The second-order valence-corrected chi connectivity index (χ2v) is 7.64. The van der Waals surface area contributed by atoms with Gasteiger partial charge in [-0.25, -0.2) is 4.79 Å². The molecular weight excluding hydrogens is 376 g/mol. The van der Waals surface area contributed by atoms with Gasteiger partial charge in [0.1, 0.15) is 0 Å². The van der Waals surface area contributed by atoms with E-state index in [2.05, 4.69) is 0 Å². The lowest BCUT2D eigenvalue weighted by Crippen LogP contribution is -2.06. The van der Waals surface area contributed by atoms with Crippen molar-refractivity contribution in [1.82, 2.24) is 0 Å². The SMILES string of the molecule is CCOC(=O)c1ccc(-c2ccc(COS(=O)(=O)c3ccccc3)cc2)cc1. The molecule has 0 aliphatic heterocycles. The molecule has 0 atom stereocenters. The summed E-state index contributed by atoms with van der Waals surface area (Å²) in [5.41, 5.74) is 3.13. The van der Waals surface area contributed by atoms with Gasteiger partial charge in [-0.3, -0.25) is 4.18 Å². The van der Waals surface area contributed by atoms with E-state index in [0.29, 0.717) is 12.2 Å². The van der Waals surface area contributed by atoms with E-state index in [9.17, 15) is 13.2 Å². The van der Waals surface area contributed by atoms with E-state index in [1.54, 1.807) is 37.3 Å². The molecule has 0 aliphatic carbocycles. The van der Waals surface area contributed by atoms with Crippen LogP contribution in [-0.2, 0) is 25.6 Å². The topological polar surface area (TPSA) is 69.7 Å². The lowest BCUT2D eigenvalue weighted by molar-refractivity contribution is 0.0526. The van der Waals surface area contributed by atoms with Gasteiger partial charge in [-0.05, 0) is 47.9 Å². The minimum absolute atomic E-state index is 0.0424. The first-order valence-electron chi connectivity index (χ1n) is 8.80. The molecule has 3 aromatic carbocycles. The van der Waals surface area contributed by atoms with Crippen LogP contribution in [-0.4, -0.2) is 21.0 Å². The molecule has 0 unspecified atom stereocenters. The molecule has 0 radical (unpaired) electrons. The Morgan fingerprint density at radius 2 is 1.39 bits per heavy atom. The third kappa shape index (κ3) is 4.85. The van der Waals surface area contributed by atoms with Crippen molar-refractivity contribution in [2.45, 2.75) is 18.4 Å². The number of hydrogen-bond donors (Lipinski definition) is 0. The maximum atomic E-state index is 12.2. The molecule has 144 valence electrons. The van der Waals surface area contributed by atoms with E-state index in [1.807, 2.05) is 36.4 Å². The maximum Gasteiger partial charge on any atom is 0.338 e. The highest BCUT2D eigenvalue weighted by Crippen LogP contribution is 2.22. The number of rotatable bonds is 7. The smallest absolute Gasteiger partial charge is 0.338 e. The molecule has 0 amide bonds. The van der Waals surface area contributed by atoms with E-state index in [0.717, 1.165) is 16.7 Å². The molecule has 0 saturated carbocycles. The molecule has 0 heterocycles. The normalized spacial score (nSPS) is 11.2. The number of hydrogen-bond acceptors (Lipinski definition) is 5. The van der Waals surface area contributed by atoms with Crippen molar-refractivity contribution >= 4 is 16.1 Å². The summed E-state index contributed by atoms with van der Waals surface area (Å²) in [4.78, 5) is 11.8. The zero-order valence-corrected chi connectivity index (χ0v) is 16.2. The molecule has 0 saturated heterocycles. The molecule has 5 nitrogen and oxygen atoms in total. The van der Waals surface area contributed by atoms with Crippen molar-refractivity contribution in [2.75, 3.05) is 6.61 Å². The fourth-order valence-corrected chi connectivity index (χ4v) is 3.53. The van der Waals surface area contributed by atoms with Gasteiger partial charge in [0.15, 0.2) is 0 Å². The summed E-state index contributed by atoms with van der Waals surface area (Å²) in [5.74, 6) is -0.346. The molecule has 0 aliphatic rings. The standard InChI is InChI=1S/C22H20O5S/c1-2-26-22(23)20-14-12-19(13-15-20)18-10-8-17(9-11-18)16-27-28(24,25)21-6-4-3-5-7-21/h3-15H,2,16H2,1H3. The summed E-state index contributed by atoms with van der Waals surface area (Å²) in [6.07, 6.45) is 0. The Labute approximate surface area is 164 Å². The average molecular weight is 396 g/mol. The zero-order valence-electron chi connectivity index (χ0n) is 15.4. The Balaban J connectivity index is 1.66. The molecule has 0 fully saturated rings. The fourth-order valence-electron chi connectivity index (χ4n) is 2.61. The molecule has 0 aromatic heterocycles. The minimum atomic E-state index is -3.78. The number of carbonyl (C=O) groups excluding carboxylic acids is 1. The van der Waals surface area contributed by atoms with Crippen LogP contribution in [0, 0.1) is 0 Å². The number of carbonyl (C=O) groups is 1. The summed E-state index contributed by atoms with van der Waals surface area (Å²) >= 11 is 0. The molecular formula is C22H20O5S. The molecule has 28 heavy (non-hydrogen) atoms. The second kappa shape index (κ2) is 8.82. The third-order valence-corrected chi connectivity index (χ3v) is 5.37. The van der Waals surface area contributed by atoms with Gasteiger partial charge in [0.2, 0.25) is 0 Å². The van der Waals surface area contributed by atoms with Crippen LogP contribution < -0.4 is 0 Å². The molecule has 0 spiro atoms. The van der Waals surface area contributed by atoms with Crippen molar-refractivity contribution in [3.8, 4) is 11.1 Å². The Morgan fingerprint density at radius 3 is 1.96 bits per heavy atom. The lowest BCUT2D eigenvalue weighted by atomic mass is 10.0. The predicted octanol–water partition coefficient (Wildman–Crippen LogP) is 4.44. The van der Waals surface area contributed by atoms with Gasteiger partial charge in [-0.2, -0.15) is 8.42 Å². The summed E-state index contributed by atoms with van der Waals surface area (Å²) in [7, 11) is -3.78. The van der Waals surface area contributed by atoms with E-state index in [4.69, 9.17) is 8.92 Å². The van der Waals surface area contributed by atoms with Crippen LogP contribution in [0.15, 0.2) is 83.8 Å². The Morgan fingerprint density at radius 1 is 0.821 bits per heavy atom. The van der Waals surface area contributed by atoms with Crippen LogP contribution in [0.3, 0.4) is 0 Å². The Bertz CT molecular complexity index is 1020. The van der Waals surface area contributed by atoms with Gasteiger partial charge < -0.3 is 4.74 Å². The highest BCUT2D eigenvalue weighted by Gasteiger charge is 2.14. The Hall–Kier alpha value is -2.96. The molecule has 3 rings (SSSR count). The van der Waals surface area contributed by atoms with Crippen LogP contribution in [0.5, 0.6) is 0 Å². The van der Waals surface area contributed by atoms with Crippen molar-refractivity contribution in [2.24, 2.45) is 0 Å². The van der Waals surface area contributed by atoms with E-state index >= 15 is 0 Å². The first-order valence-corrected chi connectivity index (χ1v) is 10.2. The van der Waals surface area contributed by atoms with E-state index in [1.165, 1.54) is 12.1 Å². The van der Waals surface area contributed by atoms with Gasteiger partial charge >= 0.3 is 5.97 Å². The van der Waals surface area contributed by atoms with Crippen molar-refractivity contribution in [3.05, 3.63) is 90.0 Å². The number of esters is 1. The third-order valence-electron chi connectivity index (χ3n) is 4.10. The molecule has 0 N–H and O–H groups in total. The number of ether oxygens (including phenoxy) is 1. The maximum absolute atomic E-state index is 12.2. The second-order valence-electron chi connectivity index (χ2n) is 6.02. The van der Waals surface area contributed by atoms with Crippen molar-refractivity contribution in [3.63, 3.8) is 0 Å². The molecule has 3 aromatic rings. The molecule has 6 heteroatoms. The highest BCUT2D eigenvalue weighted by molar-refractivity contribution is 7.86. The predicted molar refractivity (Wildman–Crippen MR) is 106 cm³/mol. The van der Waals surface area contributed by atoms with Crippen molar-refractivity contribution < 1.29 is 22.1 Å². The van der Waals surface area contributed by atoms with Crippen molar-refractivity contribution in [1.29, 1.82) is 0 Å². The molecule has 0 bridgehead atoms. The summed E-state index contributed by atoms with van der Waals surface area (Å²) < 4.78 is 34.4. The lowest BCUT2D eigenvalue weighted by Gasteiger charge is -2.08. The van der Waals surface area contributed by atoms with E-state index < -0.39 is 10.1 Å².